The zero-order chi connectivity index (χ0) is 46.5. The maximum Gasteiger partial charge on any atom is 0.306 e. The number of ether oxygens (including phenoxy) is 3. The highest BCUT2D eigenvalue weighted by atomic mass is 16.6. The van der Waals surface area contributed by atoms with Crippen LogP contribution in [-0.2, 0) is 28.6 Å². The number of esters is 3. The Kier molecular flexibility index (Phi) is 49.9. The van der Waals surface area contributed by atoms with Crippen molar-refractivity contribution in [2.45, 2.75) is 264 Å². The van der Waals surface area contributed by atoms with Crippen LogP contribution >= 0.6 is 0 Å². The Balaban J connectivity index is 4.50. The predicted molar refractivity (Wildman–Crippen MR) is 274 cm³/mol. The van der Waals surface area contributed by atoms with E-state index in [1.165, 1.54) is 128 Å². The first-order chi connectivity index (χ1) is 31.5. The molecule has 0 aromatic heterocycles. The molecule has 0 saturated carbocycles. The second-order valence-corrected chi connectivity index (χ2v) is 17.8. The third kappa shape index (κ3) is 49.9. The molecule has 6 heteroatoms. The van der Waals surface area contributed by atoms with Crippen molar-refractivity contribution in [2.75, 3.05) is 13.2 Å². The predicted octanol–water partition coefficient (Wildman–Crippen LogP) is 17.8. The van der Waals surface area contributed by atoms with Crippen LogP contribution in [-0.4, -0.2) is 37.2 Å². The van der Waals surface area contributed by atoms with E-state index >= 15 is 0 Å². The van der Waals surface area contributed by atoms with Crippen molar-refractivity contribution in [1.29, 1.82) is 0 Å². The zero-order valence-electron chi connectivity index (χ0n) is 42.0. The number of allylic oxidation sites excluding steroid dienone is 12. The molecule has 1 atom stereocenters. The van der Waals surface area contributed by atoms with Gasteiger partial charge in [-0.15, -0.1) is 0 Å². The molecule has 0 aliphatic rings. The van der Waals surface area contributed by atoms with E-state index in [2.05, 4.69) is 93.7 Å². The minimum Gasteiger partial charge on any atom is -0.462 e. The van der Waals surface area contributed by atoms with Gasteiger partial charge in [-0.25, -0.2) is 0 Å². The largest absolute Gasteiger partial charge is 0.462 e. The number of carbonyl (C=O) groups excluding carboxylic acids is 3. The summed E-state index contributed by atoms with van der Waals surface area (Å²) in [6.07, 6.45) is 66.0. The van der Waals surface area contributed by atoms with Crippen LogP contribution < -0.4 is 0 Å². The highest BCUT2D eigenvalue weighted by Crippen LogP contribution is 2.13. The average molecular weight is 893 g/mol. The minimum absolute atomic E-state index is 0.104. The van der Waals surface area contributed by atoms with Gasteiger partial charge in [0.05, 0.1) is 0 Å². The quantitative estimate of drug-likeness (QED) is 0.0199. The van der Waals surface area contributed by atoms with Gasteiger partial charge in [0.1, 0.15) is 13.2 Å². The molecule has 0 spiro atoms. The van der Waals surface area contributed by atoms with Crippen molar-refractivity contribution in [3.05, 3.63) is 72.9 Å². The van der Waals surface area contributed by atoms with Gasteiger partial charge in [-0.05, 0) is 103 Å². The SMILES string of the molecule is CCCCC/C=C\C=C/CCCCCCCCC(=O)OC(COC(=O)CCC/C=C\C/C=C\C/C=C\CCCCCCCC)COC(=O)CCCCC/C=C\CCCCCCCCC. The summed E-state index contributed by atoms with van der Waals surface area (Å²) in [7, 11) is 0. The van der Waals surface area contributed by atoms with Gasteiger partial charge in [0.25, 0.3) is 0 Å². The molecule has 1 unspecified atom stereocenters. The molecule has 64 heavy (non-hydrogen) atoms. The van der Waals surface area contributed by atoms with E-state index in [1.54, 1.807) is 0 Å². The lowest BCUT2D eigenvalue weighted by molar-refractivity contribution is -0.167. The van der Waals surface area contributed by atoms with Gasteiger partial charge >= 0.3 is 17.9 Å². The molecule has 0 radical (unpaired) electrons. The third-order valence-corrected chi connectivity index (χ3v) is 11.4. The van der Waals surface area contributed by atoms with E-state index in [0.717, 1.165) is 83.5 Å². The molecule has 0 saturated heterocycles. The highest BCUT2D eigenvalue weighted by Gasteiger charge is 2.19. The second kappa shape index (κ2) is 52.5. The maximum atomic E-state index is 12.8. The van der Waals surface area contributed by atoms with Gasteiger partial charge < -0.3 is 14.2 Å². The standard InChI is InChI=1S/C58H100O6/c1-4-7-10-13-16-19-22-25-28-29-31-33-36-39-42-45-48-51-57(60)63-54-55(53-62-56(59)50-47-44-41-38-35-32-27-24-21-18-15-12-9-6-3)64-58(61)52-49-46-43-40-37-34-30-26-23-20-17-14-11-8-5-2/h17,20,23,25-26,28,31-33,35,39,42,55H,4-16,18-19,21-22,24,27,29-30,34,36-38,40-41,43-54H2,1-3H3/b20-17-,26-23-,28-25-,33-31-,35-32-,42-39-. The van der Waals surface area contributed by atoms with E-state index in [0.29, 0.717) is 19.3 Å². The molecule has 0 aromatic carbocycles. The fourth-order valence-electron chi connectivity index (χ4n) is 7.33. The van der Waals surface area contributed by atoms with Crippen molar-refractivity contribution in [3.63, 3.8) is 0 Å². The summed E-state index contributed by atoms with van der Waals surface area (Å²) in [4.78, 5) is 38.0. The molecular weight excluding hydrogens is 793 g/mol. The minimum atomic E-state index is -0.807. The molecule has 6 nitrogen and oxygen atoms in total. The summed E-state index contributed by atoms with van der Waals surface area (Å²) < 4.78 is 16.8. The summed E-state index contributed by atoms with van der Waals surface area (Å²) in [5.74, 6) is -0.981. The second-order valence-electron chi connectivity index (χ2n) is 17.8. The molecule has 0 amide bonds. The van der Waals surface area contributed by atoms with Gasteiger partial charge in [0.15, 0.2) is 6.10 Å². The molecule has 0 fully saturated rings. The molecule has 0 aromatic rings. The van der Waals surface area contributed by atoms with Crippen LogP contribution in [0.15, 0.2) is 72.9 Å². The summed E-state index contributed by atoms with van der Waals surface area (Å²) in [6.45, 7) is 6.54. The summed E-state index contributed by atoms with van der Waals surface area (Å²) in [5, 5.41) is 0. The summed E-state index contributed by atoms with van der Waals surface area (Å²) >= 11 is 0. The highest BCUT2D eigenvalue weighted by molar-refractivity contribution is 5.71. The van der Waals surface area contributed by atoms with E-state index in [-0.39, 0.29) is 37.5 Å². The lowest BCUT2D eigenvalue weighted by Gasteiger charge is -2.18. The number of carbonyl (C=O) groups is 3. The zero-order valence-corrected chi connectivity index (χ0v) is 42.0. The first-order valence-corrected chi connectivity index (χ1v) is 27.0. The van der Waals surface area contributed by atoms with Crippen LogP contribution in [0.4, 0.5) is 0 Å². The number of hydrogen-bond donors (Lipinski definition) is 0. The fraction of sp³-hybridized carbons (Fsp3) is 0.741. The van der Waals surface area contributed by atoms with Crippen molar-refractivity contribution < 1.29 is 28.6 Å². The van der Waals surface area contributed by atoms with Crippen LogP contribution in [0.2, 0.25) is 0 Å². The van der Waals surface area contributed by atoms with Crippen LogP contribution in [0.1, 0.15) is 258 Å². The Hall–Kier alpha value is -3.15. The van der Waals surface area contributed by atoms with Crippen molar-refractivity contribution in [2.24, 2.45) is 0 Å². The molecule has 0 rings (SSSR count). The van der Waals surface area contributed by atoms with E-state index in [4.69, 9.17) is 14.2 Å². The number of unbranched alkanes of at least 4 members (excludes halogenated alkanes) is 26. The Morgan fingerprint density at radius 3 is 1.09 bits per heavy atom. The Bertz CT molecular complexity index is 1210. The third-order valence-electron chi connectivity index (χ3n) is 11.4. The average Bonchev–Trinajstić information content (AvgIpc) is 3.29. The van der Waals surface area contributed by atoms with Gasteiger partial charge in [0, 0.05) is 19.3 Å². The molecule has 0 N–H and O–H groups in total. The molecule has 368 valence electrons. The van der Waals surface area contributed by atoms with Crippen LogP contribution in [0.3, 0.4) is 0 Å². The summed E-state index contributed by atoms with van der Waals surface area (Å²) in [5.41, 5.74) is 0. The fourth-order valence-corrected chi connectivity index (χ4v) is 7.33. The smallest absolute Gasteiger partial charge is 0.306 e. The van der Waals surface area contributed by atoms with Crippen molar-refractivity contribution >= 4 is 17.9 Å². The Labute approximate surface area is 395 Å². The summed E-state index contributed by atoms with van der Waals surface area (Å²) in [6, 6.07) is 0. The molecule has 0 aliphatic carbocycles. The van der Waals surface area contributed by atoms with E-state index in [1.807, 2.05) is 0 Å². The monoisotopic (exact) mass is 893 g/mol. The van der Waals surface area contributed by atoms with Gasteiger partial charge in [-0.1, -0.05) is 209 Å². The topological polar surface area (TPSA) is 78.9 Å². The molecule has 0 heterocycles. The first kappa shape index (κ1) is 60.9. The lowest BCUT2D eigenvalue weighted by atomic mass is 10.1. The molecule has 0 aliphatic heterocycles. The van der Waals surface area contributed by atoms with E-state index in [9.17, 15) is 14.4 Å². The normalized spacial score (nSPS) is 12.6. The maximum absolute atomic E-state index is 12.8. The lowest BCUT2D eigenvalue weighted by Crippen LogP contribution is -2.30. The number of rotatable bonds is 48. The Morgan fingerprint density at radius 1 is 0.328 bits per heavy atom. The van der Waals surface area contributed by atoms with Crippen LogP contribution in [0, 0.1) is 0 Å². The van der Waals surface area contributed by atoms with Gasteiger partial charge in [0.2, 0.25) is 0 Å². The first-order valence-electron chi connectivity index (χ1n) is 27.0. The van der Waals surface area contributed by atoms with Gasteiger partial charge in [-0.2, -0.15) is 0 Å². The molecule has 0 bridgehead atoms. The van der Waals surface area contributed by atoms with Crippen molar-refractivity contribution in [1.82, 2.24) is 0 Å². The van der Waals surface area contributed by atoms with Crippen LogP contribution in [0.5, 0.6) is 0 Å². The molecular formula is C58H100O6. The van der Waals surface area contributed by atoms with E-state index < -0.39 is 6.10 Å². The Morgan fingerprint density at radius 2 is 0.625 bits per heavy atom. The van der Waals surface area contributed by atoms with Gasteiger partial charge in [-0.3, -0.25) is 14.4 Å². The van der Waals surface area contributed by atoms with Crippen LogP contribution in [0.25, 0.3) is 0 Å². The van der Waals surface area contributed by atoms with Crippen molar-refractivity contribution in [3.8, 4) is 0 Å². The number of hydrogen-bond acceptors (Lipinski definition) is 6.